The van der Waals surface area contributed by atoms with Gasteiger partial charge in [0.25, 0.3) is 0 Å². The van der Waals surface area contributed by atoms with Crippen molar-refractivity contribution >= 4 is 29.5 Å². The number of aliphatic hydroxyl groups is 1. The van der Waals surface area contributed by atoms with Gasteiger partial charge in [-0.05, 0) is 66.2 Å². The summed E-state index contributed by atoms with van der Waals surface area (Å²) < 4.78 is -0.867. The van der Waals surface area contributed by atoms with Gasteiger partial charge in [0.1, 0.15) is 6.04 Å². The fourth-order valence-corrected chi connectivity index (χ4v) is 8.09. The SMILES string of the molecule is CCCNC(=O)[C@@H]1[C@H]2C(=O)N(CCCCCO)C(C(=O)NC(C)(C)C)C23CC[C@@]1(C)S3. The summed E-state index contributed by atoms with van der Waals surface area (Å²) in [5, 5.41) is 15.2. The average molecular weight is 454 g/mol. The van der Waals surface area contributed by atoms with Gasteiger partial charge in [-0.25, -0.2) is 0 Å². The molecule has 8 heteroatoms. The second kappa shape index (κ2) is 8.93. The van der Waals surface area contributed by atoms with E-state index >= 15 is 0 Å². The Labute approximate surface area is 190 Å². The lowest BCUT2D eigenvalue weighted by atomic mass is 9.66. The Hall–Kier alpha value is -1.28. The first kappa shape index (κ1) is 24.4. The third-order valence-electron chi connectivity index (χ3n) is 6.91. The van der Waals surface area contributed by atoms with Crippen molar-refractivity contribution in [3.8, 4) is 0 Å². The highest BCUT2D eigenvalue weighted by Crippen LogP contribution is 2.71. The summed E-state index contributed by atoms with van der Waals surface area (Å²) in [6.07, 6.45) is 4.69. The molecule has 2 unspecified atom stereocenters. The van der Waals surface area contributed by atoms with Gasteiger partial charge in [-0.1, -0.05) is 6.92 Å². The predicted octanol–water partition coefficient (Wildman–Crippen LogP) is 2.07. The van der Waals surface area contributed by atoms with E-state index in [1.165, 1.54) is 0 Å². The number of nitrogens with zero attached hydrogens (tertiary/aromatic N) is 1. The molecular weight excluding hydrogens is 414 g/mol. The Morgan fingerprint density at radius 1 is 1.19 bits per heavy atom. The summed E-state index contributed by atoms with van der Waals surface area (Å²) in [7, 11) is 0. The van der Waals surface area contributed by atoms with Crippen LogP contribution in [0, 0.1) is 11.8 Å². The van der Waals surface area contributed by atoms with E-state index in [9.17, 15) is 14.4 Å². The molecule has 176 valence electrons. The summed E-state index contributed by atoms with van der Waals surface area (Å²) in [5.74, 6) is -1.07. The minimum absolute atomic E-state index is 0.0473. The third-order valence-corrected chi connectivity index (χ3v) is 8.90. The van der Waals surface area contributed by atoms with Gasteiger partial charge in [0.05, 0.1) is 16.6 Å². The maximum absolute atomic E-state index is 13.7. The first-order valence-electron chi connectivity index (χ1n) is 11.7. The molecule has 2 bridgehead atoms. The molecule has 0 aromatic heterocycles. The molecule has 0 radical (unpaired) electrons. The largest absolute Gasteiger partial charge is 0.396 e. The molecular formula is C23H39N3O4S. The Kier molecular flexibility index (Phi) is 7.02. The predicted molar refractivity (Wildman–Crippen MR) is 123 cm³/mol. The number of rotatable bonds is 9. The van der Waals surface area contributed by atoms with Crippen LogP contribution in [0.1, 0.15) is 73.1 Å². The lowest BCUT2D eigenvalue weighted by Crippen LogP contribution is -2.57. The van der Waals surface area contributed by atoms with Gasteiger partial charge in [0.2, 0.25) is 17.7 Å². The van der Waals surface area contributed by atoms with E-state index in [2.05, 4.69) is 17.6 Å². The Morgan fingerprint density at radius 2 is 1.90 bits per heavy atom. The van der Waals surface area contributed by atoms with Crippen molar-refractivity contribution in [1.82, 2.24) is 15.5 Å². The molecule has 31 heavy (non-hydrogen) atoms. The van der Waals surface area contributed by atoms with Crippen molar-refractivity contribution in [2.24, 2.45) is 11.8 Å². The number of carbonyl (C=O) groups excluding carboxylic acids is 3. The number of likely N-dealkylation sites (tertiary alicyclic amines) is 1. The van der Waals surface area contributed by atoms with Gasteiger partial charge in [0.15, 0.2) is 0 Å². The van der Waals surface area contributed by atoms with Gasteiger partial charge >= 0.3 is 0 Å². The van der Waals surface area contributed by atoms with E-state index < -0.39 is 28.2 Å². The zero-order valence-electron chi connectivity index (χ0n) is 19.6. The highest BCUT2D eigenvalue weighted by Gasteiger charge is 2.77. The second-order valence-corrected chi connectivity index (χ2v) is 12.5. The lowest BCUT2D eigenvalue weighted by molar-refractivity contribution is -0.141. The number of amides is 3. The zero-order chi connectivity index (χ0) is 23.0. The fourth-order valence-electron chi connectivity index (χ4n) is 5.73. The maximum Gasteiger partial charge on any atom is 0.244 e. The number of carbonyl (C=O) groups is 3. The highest BCUT2D eigenvalue weighted by atomic mass is 32.2. The van der Waals surface area contributed by atoms with Crippen LogP contribution < -0.4 is 10.6 Å². The normalized spacial score (nSPS) is 34.2. The van der Waals surface area contributed by atoms with Crippen LogP contribution in [-0.4, -0.2) is 68.5 Å². The summed E-state index contributed by atoms with van der Waals surface area (Å²) in [4.78, 5) is 42.2. The number of nitrogens with one attached hydrogen (secondary N) is 2. The van der Waals surface area contributed by atoms with Crippen LogP contribution in [-0.2, 0) is 14.4 Å². The molecule has 3 rings (SSSR count). The van der Waals surface area contributed by atoms with Crippen molar-refractivity contribution < 1.29 is 19.5 Å². The zero-order valence-corrected chi connectivity index (χ0v) is 20.4. The molecule has 5 atom stereocenters. The standard InChI is InChI=1S/C23H39N3O4S/c1-6-12-24-18(28)15-16-20(30)26(13-8-7-9-14-27)17(19(29)25-21(2,3)4)23(16)11-10-22(15,5)31-23/h15-17,27H,6-14H2,1-5H3,(H,24,28)(H,25,29)/t15-,16-,17?,22+,23?/m0/s1. The quantitative estimate of drug-likeness (QED) is 0.464. The molecule has 3 aliphatic rings. The van der Waals surface area contributed by atoms with Crippen LogP contribution in [0.4, 0.5) is 0 Å². The highest BCUT2D eigenvalue weighted by molar-refractivity contribution is 8.02. The number of thioether (sulfide) groups is 1. The van der Waals surface area contributed by atoms with Gasteiger partial charge in [-0.3, -0.25) is 14.4 Å². The fraction of sp³-hybridized carbons (Fsp3) is 0.870. The van der Waals surface area contributed by atoms with Crippen molar-refractivity contribution in [1.29, 1.82) is 0 Å². The van der Waals surface area contributed by atoms with Crippen molar-refractivity contribution in [3.63, 3.8) is 0 Å². The molecule has 3 aliphatic heterocycles. The third kappa shape index (κ3) is 4.34. The van der Waals surface area contributed by atoms with Crippen LogP contribution in [0.5, 0.6) is 0 Å². The number of hydrogen-bond acceptors (Lipinski definition) is 5. The van der Waals surface area contributed by atoms with E-state index in [1.54, 1.807) is 16.7 Å². The maximum atomic E-state index is 13.7. The van der Waals surface area contributed by atoms with E-state index in [1.807, 2.05) is 27.7 Å². The summed E-state index contributed by atoms with van der Waals surface area (Å²) in [6, 6.07) is -0.561. The number of unbranched alkanes of at least 4 members (excludes halogenated alkanes) is 2. The summed E-state index contributed by atoms with van der Waals surface area (Å²) in [6.45, 7) is 11.2. The van der Waals surface area contributed by atoms with Crippen LogP contribution >= 0.6 is 11.8 Å². The lowest BCUT2D eigenvalue weighted by Gasteiger charge is -2.36. The average Bonchev–Trinajstić information content (AvgIpc) is 3.23. The number of hydrogen-bond donors (Lipinski definition) is 3. The first-order valence-corrected chi connectivity index (χ1v) is 12.5. The summed E-state index contributed by atoms with van der Waals surface area (Å²) in [5.41, 5.74) is -0.402. The molecule has 7 nitrogen and oxygen atoms in total. The van der Waals surface area contributed by atoms with E-state index in [-0.39, 0.29) is 29.1 Å². The smallest absolute Gasteiger partial charge is 0.244 e. The Balaban J connectivity index is 1.95. The molecule has 0 aliphatic carbocycles. The van der Waals surface area contributed by atoms with Crippen molar-refractivity contribution in [3.05, 3.63) is 0 Å². The topological polar surface area (TPSA) is 98.7 Å². The van der Waals surface area contributed by atoms with E-state index in [4.69, 9.17) is 5.11 Å². The van der Waals surface area contributed by atoms with E-state index in [0.717, 1.165) is 32.1 Å². The molecule has 3 N–H and O–H groups in total. The molecule has 3 fully saturated rings. The first-order chi connectivity index (χ1) is 14.5. The van der Waals surface area contributed by atoms with Gasteiger partial charge < -0.3 is 20.6 Å². The van der Waals surface area contributed by atoms with Crippen LogP contribution in [0.3, 0.4) is 0 Å². The Bertz CT molecular complexity index is 724. The van der Waals surface area contributed by atoms with Crippen molar-refractivity contribution in [2.75, 3.05) is 19.7 Å². The second-order valence-electron chi connectivity index (χ2n) is 10.6. The van der Waals surface area contributed by atoms with Gasteiger partial charge in [0, 0.05) is 30.0 Å². The molecule has 1 spiro atoms. The van der Waals surface area contributed by atoms with Gasteiger partial charge in [-0.2, -0.15) is 0 Å². The van der Waals surface area contributed by atoms with Crippen LogP contribution in [0.15, 0.2) is 0 Å². The van der Waals surface area contributed by atoms with Crippen molar-refractivity contribution in [2.45, 2.75) is 94.2 Å². The van der Waals surface area contributed by atoms with Crippen LogP contribution in [0.2, 0.25) is 0 Å². The summed E-state index contributed by atoms with van der Waals surface area (Å²) >= 11 is 1.71. The Morgan fingerprint density at radius 3 is 2.52 bits per heavy atom. The van der Waals surface area contributed by atoms with Gasteiger partial charge in [-0.15, -0.1) is 11.8 Å². The van der Waals surface area contributed by atoms with Crippen LogP contribution in [0.25, 0.3) is 0 Å². The molecule has 3 heterocycles. The van der Waals surface area contributed by atoms with E-state index in [0.29, 0.717) is 19.5 Å². The monoisotopic (exact) mass is 453 g/mol. The number of aliphatic hydroxyl groups excluding tert-OH is 1. The molecule has 0 aromatic rings. The molecule has 3 amide bonds. The molecule has 3 saturated heterocycles. The minimum Gasteiger partial charge on any atom is -0.396 e. The molecule has 0 aromatic carbocycles. The number of fused-ring (bicyclic) bond motifs is 1. The molecule has 0 saturated carbocycles. The minimum atomic E-state index is -0.561.